The Hall–Kier alpha value is -2.09. The van der Waals surface area contributed by atoms with Crippen LogP contribution in [0.1, 0.15) is 0 Å². The second kappa shape index (κ2) is 3.24. The molecule has 0 unspecified atom stereocenters. The molecule has 0 N–H and O–H groups in total. The standard InChI is InChI=1S/C13H9NO/c1-2-5-10(6-3-1)11-7-4-8-12-13(11)14-9-15-12/h1-9H. The second-order valence-corrected chi connectivity index (χ2v) is 3.37. The molecule has 2 heteroatoms. The number of rotatable bonds is 1. The zero-order valence-electron chi connectivity index (χ0n) is 8.05. The first-order chi connectivity index (χ1) is 7.45. The number of hydrogen-bond donors (Lipinski definition) is 0. The van der Waals surface area contributed by atoms with Crippen LogP contribution in [0.3, 0.4) is 0 Å². The van der Waals surface area contributed by atoms with Gasteiger partial charge in [0.2, 0.25) is 0 Å². The number of hydrogen-bond acceptors (Lipinski definition) is 2. The number of aromatic nitrogens is 1. The first kappa shape index (κ1) is 8.24. The van der Waals surface area contributed by atoms with Gasteiger partial charge >= 0.3 is 0 Å². The smallest absolute Gasteiger partial charge is 0.182 e. The summed E-state index contributed by atoms with van der Waals surface area (Å²) in [5, 5.41) is 0. The van der Waals surface area contributed by atoms with E-state index in [0.29, 0.717) is 0 Å². The predicted molar refractivity (Wildman–Crippen MR) is 59.4 cm³/mol. The summed E-state index contributed by atoms with van der Waals surface area (Å²) in [6.45, 7) is 0. The fourth-order valence-corrected chi connectivity index (χ4v) is 1.74. The van der Waals surface area contributed by atoms with Crippen LogP contribution in [0, 0.1) is 0 Å². The maximum absolute atomic E-state index is 5.27. The number of oxazole rings is 1. The van der Waals surface area contributed by atoms with Crippen molar-refractivity contribution in [3.8, 4) is 11.1 Å². The quantitative estimate of drug-likeness (QED) is 0.594. The fraction of sp³-hybridized carbons (Fsp3) is 0. The van der Waals surface area contributed by atoms with Gasteiger partial charge in [-0.2, -0.15) is 0 Å². The molecule has 3 rings (SSSR count). The lowest BCUT2D eigenvalue weighted by atomic mass is 10.0. The molecule has 0 aliphatic heterocycles. The largest absolute Gasteiger partial charge is 0.443 e. The van der Waals surface area contributed by atoms with Crippen LogP contribution in [-0.4, -0.2) is 4.98 Å². The van der Waals surface area contributed by atoms with Crippen molar-refractivity contribution in [1.29, 1.82) is 0 Å². The van der Waals surface area contributed by atoms with Crippen LogP contribution in [0.5, 0.6) is 0 Å². The summed E-state index contributed by atoms with van der Waals surface area (Å²) >= 11 is 0. The lowest BCUT2D eigenvalue weighted by Gasteiger charge is -2.00. The second-order valence-electron chi connectivity index (χ2n) is 3.37. The number of para-hydroxylation sites is 1. The summed E-state index contributed by atoms with van der Waals surface area (Å²) in [6, 6.07) is 16.2. The number of benzene rings is 2. The van der Waals surface area contributed by atoms with Crippen molar-refractivity contribution >= 4 is 11.1 Å². The third-order valence-corrected chi connectivity index (χ3v) is 2.45. The van der Waals surface area contributed by atoms with Crippen molar-refractivity contribution < 1.29 is 4.42 Å². The maximum Gasteiger partial charge on any atom is 0.182 e. The highest BCUT2D eigenvalue weighted by molar-refractivity contribution is 5.90. The topological polar surface area (TPSA) is 26.0 Å². The Kier molecular flexibility index (Phi) is 1.78. The minimum atomic E-state index is 0.830. The summed E-state index contributed by atoms with van der Waals surface area (Å²) in [5.74, 6) is 0. The summed E-state index contributed by atoms with van der Waals surface area (Å²) in [5.41, 5.74) is 4.03. The summed E-state index contributed by atoms with van der Waals surface area (Å²) < 4.78 is 5.27. The van der Waals surface area contributed by atoms with Crippen LogP contribution in [-0.2, 0) is 0 Å². The first-order valence-corrected chi connectivity index (χ1v) is 4.83. The number of nitrogens with zero attached hydrogens (tertiary/aromatic N) is 1. The Morgan fingerprint density at radius 1 is 0.867 bits per heavy atom. The van der Waals surface area contributed by atoms with Gasteiger partial charge in [0.15, 0.2) is 12.0 Å². The molecule has 1 aromatic heterocycles. The Morgan fingerprint density at radius 2 is 1.73 bits per heavy atom. The van der Waals surface area contributed by atoms with Gasteiger partial charge in [-0.1, -0.05) is 42.5 Å². The molecule has 72 valence electrons. The molecule has 0 bridgehead atoms. The van der Waals surface area contributed by atoms with E-state index in [1.807, 2.05) is 30.3 Å². The average molecular weight is 195 g/mol. The molecule has 15 heavy (non-hydrogen) atoms. The molecular weight excluding hydrogens is 186 g/mol. The zero-order valence-corrected chi connectivity index (χ0v) is 8.05. The monoisotopic (exact) mass is 195 g/mol. The first-order valence-electron chi connectivity index (χ1n) is 4.83. The van der Waals surface area contributed by atoms with Gasteiger partial charge in [0.05, 0.1) is 0 Å². The lowest BCUT2D eigenvalue weighted by molar-refractivity contribution is 0.602. The maximum atomic E-state index is 5.27. The molecule has 3 aromatic rings. The van der Waals surface area contributed by atoms with E-state index >= 15 is 0 Å². The van der Waals surface area contributed by atoms with Crippen LogP contribution in [0.25, 0.3) is 22.2 Å². The molecular formula is C13H9NO. The minimum absolute atomic E-state index is 0.830. The fourth-order valence-electron chi connectivity index (χ4n) is 1.74. The van der Waals surface area contributed by atoms with E-state index in [1.165, 1.54) is 6.39 Å². The molecule has 0 aliphatic rings. The van der Waals surface area contributed by atoms with E-state index in [4.69, 9.17) is 4.42 Å². The Morgan fingerprint density at radius 3 is 2.60 bits per heavy atom. The lowest BCUT2D eigenvalue weighted by Crippen LogP contribution is -1.78. The third-order valence-electron chi connectivity index (χ3n) is 2.45. The van der Waals surface area contributed by atoms with E-state index in [1.54, 1.807) is 0 Å². The molecule has 0 radical (unpaired) electrons. The van der Waals surface area contributed by atoms with Gasteiger partial charge in [-0.3, -0.25) is 0 Å². The van der Waals surface area contributed by atoms with E-state index in [0.717, 1.165) is 22.2 Å². The van der Waals surface area contributed by atoms with Crippen LogP contribution in [0.2, 0.25) is 0 Å². The molecule has 1 heterocycles. The Bertz CT molecular complexity index is 584. The van der Waals surface area contributed by atoms with E-state index in [-0.39, 0.29) is 0 Å². The van der Waals surface area contributed by atoms with Crippen LogP contribution < -0.4 is 0 Å². The molecule has 0 saturated heterocycles. The van der Waals surface area contributed by atoms with Gasteiger partial charge < -0.3 is 4.42 Å². The normalized spacial score (nSPS) is 10.7. The average Bonchev–Trinajstić information content (AvgIpc) is 2.78. The predicted octanol–water partition coefficient (Wildman–Crippen LogP) is 3.49. The Balaban J connectivity index is 2.31. The van der Waals surface area contributed by atoms with Gasteiger partial charge in [0.1, 0.15) is 5.52 Å². The van der Waals surface area contributed by atoms with E-state index in [9.17, 15) is 0 Å². The van der Waals surface area contributed by atoms with Crippen molar-refractivity contribution in [2.24, 2.45) is 0 Å². The summed E-state index contributed by atoms with van der Waals surface area (Å²) in [4.78, 5) is 4.23. The zero-order chi connectivity index (χ0) is 10.1. The van der Waals surface area contributed by atoms with Crippen molar-refractivity contribution in [1.82, 2.24) is 4.98 Å². The van der Waals surface area contributed by atoms with Crippen molar-refractivity contribution in [3.05, 3.63) is 54.9 Å². The molecule has 0 aliphatic carbocycles. The highest BCUT2D eigenvalue weighted by atomic mass is 16.3. The van der Waals surface area contributed by atoms with Gasteiger partial charge in [-0.15, -0.1) is 0 Å². The highest BCUT2D eigenvalue weighted by Gasteiger charge is 2.05. The van der Waals surface area contributed by atoms with Crippen LogP contribution in [0.4, 0.5) is 0 Å². The van der Waals surface area contributed by atoms with Gasteiger partial charge in [0, 0.05) is 5.56 Å². The van der Waals surface area contributed by atoms with Crippen LogP contribution >= 0.6 is 0 Å². The minimum Gasteiger partial charge on any atom is -0.443 e. The van der Waals surface area contributed by atoms with Crippen molar-refractivity contribution in [3.63, 3.8) is 0 Å². The van der Waals surface area contributed by atoms with Crippen molar-refractivity contribution in [2.75, 3.05) is 0 Å². The highest BCUT2D eigenvalue weighted by Crippen LogP contribution is 2.26. The number of fused-ring (bicyclic) bond motifs is 1. The van der Waals surface area contributed by atoms with Crippen LogP contribution in [0.15, 0.2) is 59.3 Å². The molecule has 2 nitrogen and oxygen atoms in total. The van der Waals surface area contributed by atoms with Gasteiger partial charge in [-0.25, -0.2) is 4.98 Å². The molecule has 0 spiro atoms. The van der Waals surface area contributed by atoms with E-state index < -0.39 is 0 Å². The Labute approximate surface area is 87.2 Å². The van der Waals surface area contributed by atoms with Gasteiger partial charge in [-0.05, 0) is 11.6 Å². The molecule has 2 aromatic carbocycles. The summed E-state index contributed by atoms with van der Waals surface area (Å²) in [6.07, 6.45) is 1.48. The molecule has 0 fully saturated rings. The summed E-state index contributed by atoms with van der Waals surface area (Å²) in [7, 11) is 0. The van der Waals surface area contributed by atoms with Crippen molar-refractivity contribution in [2.45, 2.75) is 0 Å². The van der Waals surface area contributed by atoms with E-state index in [2.05, 4.69) is 23.2 Å². The molecule has 0 saturated carbocycles. The SMILES string of the molecule is c1ccc(-c2cccc3ocnc23)cc1. The molecule has 0 atom stereocenters. The third kappa shape index (κ3) is 1.31. The molecule has 0 amide bonds. The van der Waals surface area contributed by atoms with Gasteiger partial charge in [0.25, 0.3) is 0 Å².